The molecule has 0 unspecified atom stereocenters. The summed E-state index contributed by atoms with van der Waals surface area (Å²) in [5, 5.41) is 10.3. The van der Waals surface area contributed by atoms with Crippen LogP contribution in [-0.4, -0.2) is 36.8 Å². The van der Waals surface area contributed by atoms with Gasteiger partial charge in [0.05, 0.1) is 22.8 Å². The van der Waals surface area contributed by atoms with Crippen molar-refractivity contribution >= 4 is 23.4 Å². The number of carbonyl (C=O) groups excluding carboxylic acids is 1. The molecule has 25 heavy (non-hydrogen) atoms. The average Bonchev–Trinajstić information content (AvgIpc) is 2.44. The maximum absolute atomic E-state index is 12.8. The van der Waals surface area contributed by atoms with Gasteiger partial charge in [0.1, 0.15) is 18.0 Å². The Morgan fingerprint density at radius 1 is 1.32 bits per heavy atom. The van der Waals surface area contributed by atoms with E-state index in [9.17, 15) is 23.2 Å². The van der Waals surface area contributed by atoms with Crippen LogP contribution in [0.2, 0.25) is 5.02 Å². The van der Waals surface area contributed by atoms with Gasteiger partial charge in [0, 0.05) is 13.1 Å². The van der Waals surface area contributed by atoms with Crippen molar-refractivity contribution in [2.75, 3.05) is 25.7 Å². The first kappa shape index (κ1) is 21.2. The first-order valence-corrected chi connectivity index (χ1v) is 7.58. The van der Waals surface area contributed by atoms with Crippen molar-refractivity contribution in [2.45, 2.75) is 32.5 Å². The smallest absolute Gasteiger partial charge is 0.417 e. The van der Waals surface area contributed by atoms with Crippen LogP contribution in [0.25, 0.3) is 0 Å². The molecule has 10 heteroatoms. The number of carbonyl (C=O) groups is 1. The average molecular weight is 384 g/mol. The minimum Gasteiger partial charge on any atom is -0.761 e. The number of nitrogens with zero attached hydrogens (tertiary/aromatic N) is 1. The van der Waals surface area contributed by atoms with Gasteiger partial charge in [-0.3, -0.25) is 0 Å². The standard InChI is InChI=1S/C15H19ClF3N2O4/c1-14(2,3)25-13(22)21(4)5-6-24-12-8-10(16)9(15(17,18)19)7-11(12)20-23/h7-8,20H,5-6H2,1-4H3/q-1. The van der Waals surface area contributed by atoms with E-state index in [1.54, 1.807) is 20.8 Å². The molecule has 0 aromatic heterocycles. The van der Waals surface area contributed by atoms with Crippen molar-refractivity contribution in [2.24, 2.45) is 0 Å². The summed E-state index contributed by atoms with van der Waals surface area (Å²) in [5.41, 5.74) is -0.825. The van der Waals surface area contributed by atoms with E-state index in [2.05, 4.69) is 0 Å². The predicted molar refractivity (Wildman–Crippen MR) is 87.8 cm³/mol. The molecular weight excluding hydrogens is 365 g/mol. The highest BCUT2D eigenvalue weighted by molar-refractivity contribution is 6.31. The Morgan fingerprint density at radius 3 is 2.40 bits per heavy atom. The second-order valence-corrected chi connectivity index (χ2v) is 6.59. The maximum atomic E-state index is 12.8. The van der Waals surface area contributed by atoms with Crippen LogP contribution in [0.5, 0.6) is 5.75 Å². The largest absolute Gasteiger partial charge is 0.761 e. The summed E-state index contributed by atoms with van der Waals surface area (Å²) in [5.74, 6) is -0.148. The molecule has 142 valence electrons. The van der Waals surface area contributed by atoms with Gasteiger partial charge in [0.15, 0.2) is 0 Å². The van der Waals surface area contributed by atoms with E-state index in [4.69, 9.17) is 21.1 Å². The van der Waals surface area contributed by atoms with E-state index < -0.39 is 34.1 Å². The Morgan fingerprint density at radius 2 is 1.92 bits per heavy atom. The van der Waals surface area contributed by atoms with Crippen molar-refractivity contribution in [3.05, 3.63) is 27.9 Å². The topological polar surface area (TPSA) is 73.9 Å². The Labute approximate surface area is 148 Å². The number of hydrogen-bond donors (Lipinski definition) is 1. The maximum Gasteiger partial charge on any atom is 0.417 e. The van der Waals surface area contributed by atoms with E-state index in [0.717, 1.165) is 6.07 Å². The minimum atomic E-state index is -4.70. The fraction of sp³-hybridized carbons (Fsp3) is 0.533. The Hall–Kier alpha value is -1.87. The van der Waals surface area contributed by atoms with Crippen molar-refractivity contribution < 1.29 is 27.4 Å². The third-order valence-corrected chi connectivity index (χ3v) is 3.19. The Kier molecular flexibility index (Phi) is 6.78. The highest BCUT2D eigenvalue weighted by atomic mass is 35.5. The Balaban J connectivity index is 2.75. The van der Waals surface area contributed by atoms with E-state index in [-0.39, 0.29) is 18.9 Å². The van der Waals surface area contributed by atoms with Crippen molar-refractivity contribution in [1.82, 2.24) is 4.90 Å². The summed E-state index contributed by atoms with van der Waals surface area (Å²) >= 11 is 5.59. The minimum absolute atomic E-state index is 0.0773. The highest BCUT2D eigenvalue weighted by Gasteiger charge is 2.34. The number of ether oxygens (including phenoxy) is 2. The molecule has 1 N–H and O–H groups in total. The van der Waals surface area contributed by atoms with Gasteiger partial charge in [-0.05, 0) is 26.8 Å². The van der Waals surface area contributed by atoms with Crippen molar-refractivity contribution in [1.29, 1.82) is 0 Å². The molecule has 0 heterocycles. The van der Waals surface area contributed by atoms with Crippen LogP contribution in [0.3, 0.4) is 0 Å². The molecule has 0 aliphatic carbocycles. The number of alkyl halides is 3. The third kappa shape index (κ3) is 6.50. The number of likely N-dealkylation sites (N-methyl/N-ethyl adjacent to an activating group) is 1. The second kappa shape index (κ2) is 8.01. The molecule has 0 bridgehead atoms. The van der Waals surface area contributed by atoms with Gasteiger partial charge >= 0.3 is 12.3 Å². The van der Waals surface area contributed by atoms with E-state index >= 15 is 0 Å². The highest BCUT2D eigenvalue weighted by Crippen LogP contribution is 2.40. The zero-order chi connectivity index (χ0) is 19.4. The fourth-order valence-corrected chi connectivity index (χ4v) is 1.96. The summed E-state index contributed by atoms with van der Waals surface area (Å²) in [6.07, 6.45) is -5.28. The first-order chi connectivity index (χ1) is 11.3. The van der Waals surface area contributed by atoms with Gasteiger partial charge in [0.2, 0.25) is 0 Å². The lowest BCUT2D eigenvalue weighted by Crippen LogP contribution is -2.36. The SMILES string of the molecule is CN(CCOc1cc(Cl)c(C(F)(F)F)cc1N[O-])C(=O)OC(C)(C)C. The van der Waals surface area contributed by atoms with Crippen LogP contribution in [0, 0.1) is 5.21 Å². The molecule has 0 fully saturated rings. The number of halogens is 4. The van der Waals surface area contributed by atoms with Gasteiger partial charge in [-0.15, -0.1) is 0 Å². The third-order valence-electron chi connectivity index (χ3n) is 2.87. The van der Waals surface area contributed by atoms with Crippen molar-refractivity contribution in [3.8, 4) is 5.75 Å². The molecule has 0 radical (unpaired) electrons. The predicted octanol–water partition coefficient (Wildman–Crippen LogP) is 4.51. The van der Waals surface area contributed by atoms with Crippen LogP contribution in [-0.2, 0) is 10.9 Å². The zero-order valence-electron chi connectivity index (χ0n) is 14.2. The molecule has 0 atom stereocenters. The summed E-state index contributed by atoms with van der Waals surface area (Å²) in [7, 11) is 1.48. The molecule has 0 spiro atoms. The summed E-state index contributed by atoms with van der Waals surface area (Å²) in [6.45, 7) is 5.15. The molecule has 0 saturated carbocycles. The number of anilines is 1. The molecule has 1 rings (SSSR count). The lowest BCUT2D eigenvalue weighted by molar-refractivity contribution is -0.137. The molecular formula is C15H19ClF3N2O4-. The molecule has 6 nitrogen and oxygen atoms in total. The lowest BCUT2D eigenvalue weighted by Gasteiger charge is -2.25. The van der Waals surface area contributed by atoms with Gasteiger partial charge in [-0.1, -0.05) is 11.6 Å². The fourth-order valence-electron chi connectivity index (χ4n) is 1.70. The van der Waals surface area contributed by atoms with Crippen LogP contribution in [0.4, 0.5) is 23.7 Å². The second-order valence-electron chi connectivity index (χ2n) is 6.18. The van der Waals surface area contributed by atoms with E-state index in [1.165, 1.54) is 17.4 Å². The van der Waals surface area contributed by atoms with Crippen LogP contribution >= 0.6 is 11.6 Å². The van der Waals surface area contributed by atoms with Crippen LogP contribution in [0.15, 0.2) is 12.1 Å². The molecule has 1 aromatic rings. The number of nitrogens with one attached hydrogen (secondary N) is 1. The summed E-state index contributed by atoms with van der Waals surface area (Å²) < 4.78 is 48.7. The number of hydrogen-bond acceptors (Lipinski definition) is 5. The summed E-state index contributed by atoms with van der Waals surface area (Å²) in [4.78, 5) is 13.0. The zero-order valence-corrected chi connectivity index (χ0v) is 14.9. The van der Waals surface area contributed by atoms with Crippen LogP contribution < -0.4 is 10.2 Å². The molecule has 0 saturated heterocycles. The van der Waals surface area contributed by atoms with Gasteiger partial charge in [-0.2, -0.15) is 13.2 Å². The van der Waals surface area contributed by atoms with Crippen molar-refractivity contribution in [3.63, 3.8) is 0 Å². The lowest BCUT2D eigenvalue weighted by atomic mass is 10.2. The number of rotatable bonds is 5. The van der Waals surface area contributed by atoms with Crippen LogP contribution in [0.1, 0.15) is 26.3 Å². The molecule has 1 aromatic carbocycles. The molecule has 0 aliphatic rings. The molecule has 0 aliphatic heterocycles. The molecule has 1 amide bonds. The van der Waals surface area contributed by atoms with Gasteiger partial charge < -0.3 is 25.1 Å². The normalized spacial score (nSPS) is 11.9. The van der Waals surface area contributed by atoms with E-state index in [1.807, 2.05) is 0 Å². The van der Waals surface area contributed by atoms with Gasteiger partial charge in [-0.25, -0.2) is 4.79 Å². The summed E-state index contributed by atoms with van der Waals surface area (Å²) in [6, 6.07) is 1.47. The quantitative estimate of drug-likeness (QED) is 0.757. The first-order valence-electron chi connectivity index (χ1n) is 7.21. The monoisotopic (exact) mass is 383 g/mol. The number of benzene rings is 1. The van der Waals surface area contributed by atoms with Gasteiger partial charge in [0.25, 0.3) is 0 Å². The van der Waals surface area contributed by atoms with E-state index in [0.29, 0.717) is 6.07 Å². The Bertz CT molecular complexity index is 618. The number of amides is 1.